The van der Waals surface area contributed by atoms with E-state index in [1.54, 1.807) is 24.3 Å². The molecular formula is C14H14ClNO3. The molecule has 0 saturated heterocycles. The normalized spacial score (nSPS) is 21.9. The van der Waals surface area contributed by atoms with Crippen LogP contribution in [0.3, 0.4) is 0 Å². The lowest BCUT2D eigenvalue weighted by Crippen LogP contribution is -2.34. The van der Waals surface area contributed by atoms with Crippen LogP contribution in [0.15, 0.2) is 36.4 Å². The lowest BCUT2D eigenvalue weighted by Gasteiger charge is -2.24. The number of rotatable bonds is 3. The molecule has 100 valence electrons. The molecule has 2 N–H and O–H groups in total. The molecule has 1 aromatic carbocycles. The molecule has 0 aliphatic heterocycles. The molecule has 2 rings (SSSR count). The fourth-order valence-electron chi connectivity index (χ4n) is 2.15. The van der Waals surface area contributed by atoms with Crippen molar-refractivity contribution in [1.29, 1.82) is 0 Å². The Hall–Kier alpha value is -1.81. The summed E-state index contributed by atoms with van der Waals surface area (Å²) in [7, 11) is 0. The topological polar surface area (TPSA) is 66.4 Å². The SMILES string of the molecule is O=C(Nc1ccc(Cl)cc1)[C@H]1CC=CC[C@H]1C(=O)O. The van der Waals surface area contributed by atoms with Crippen LogP contribution in [0.4, 0.5) is 5.69 Å². The second kappa shape index (κ2) is 5.89. The average molecular weight is 280 g/mol. The van der Waals surface area contributed by atoms with Crippen LogP contribution in [0.2, 0.25) is 5.02 Å². The van der Waals surface area contributed by atoms with E-state index in [1.165, 1.54) is 0 Å². The molecule has 1 aromatic rings. The molecule has 5 heteroatoms. The van der Waals surface area contributed by atoms with Gasteiger partial charge in [-0.05, 0) is 37.1 Å². The Morgan fingerprint density at radius 3 is 2.26 bits per heavy atom. The first-order valence-corrected chi connectivity index (χ1v) is 6.40. The maximum Gasteiger partial charge on any atom is 0.307 e. The summed E-state index contributed by atoms with van der Waals surface area (Å²) in [6.07, 6.45) is 4.51. The van der Waals surface area contributed by atoms with Gasteiger partial charge in [-0.3, -0.25) is 9.59 Å². The molecule has 0 unspecified atom stereocenters. The van der Waals surface area contributed by atoms with Crippen LogP contribution in [0.25, 0.3) is 0 Å². The third kappa shape index (κ3) is 3.35. The number of amides is 1. The highest BCUT2D eigenvalue weighted by molar-refractivity contribution is 6.30. The first kappa shape index (κ1) is 13.6. The van der Waals surface area contributed by atoms with Gasteiger partial charge < -0.3 is 10.4 Å². The first-order chi connectivity index (χ1) is 9.08. The maximum atomic E-state index is 12.1. The highest BCUT2D eigenvalue weighted by Gasteiger charge is 2.33. The van der Waals surface area contributed by atoms with E-state index in [1.807, 2.05) is 12.2 Å². The lowest BCUT2D eigenvalue weighted by molar-refractivity contribution is -0.146. The molecule has 0 saturated carbocycles. The molecule has 1 amide bonds. The number of hydrogen-bond acceptors (Lipinski definition) is 2. The summed E-state index contributed by atoms with van der Waals surface area (Å²) in [5.74, 6) is -2.38. The lowest BCUT2D eigenvalue weighted by atomic mass is 9.82. The van der Waals surface area contributed by atoms with E-state index in [0.29, 0.717) is 23.6 Å². The maximum absolute atomic E-state index is 12.1. The van der Waals surface area contributed by atoms with E-state index in [0.717, 1.165) is 0 Å². The molecule has 0 bridgehead atoms. The fourth-order valence-corrected chi connectivity index (χ4v) is 2.27. The Balaban J connectivity index is 2.08. The highest BCUT2D eigenvalue weighted by Crippen LogP contribution is 2.27. The standard InChI is InChI=1S/C14H14ClNO3/c15-9-5-7-10(8-6-9)16-13(17)11-3-1-2-4-12(11)14(18)19/h1-2,5-8,11-12H,3-4H2,(H,16,17)(H,18,19)/t11-,12+/m0/s1. The van der Waals surface area contributed by atoms with E-state index in [2.05, 4.69) is 5.32 Å². The van der Waals surface area contributed by atoms with Gasteiger partial charge in [0.05, 0.1) is 11.8 Å². The van der Waals surface area contributed by atoms with Crippen LogP contribution in [0.5, 0.6) is 0 Å². The zero-order valence-corrected chi connectivity index (χ0v) is 10.9. The van der Waals surface area contributed by atoms with E-state index >= 15 is 0 Å². The number of anilines is 1. The van der Waals surface area contributed by atoms with Gasteiger partial charge in [-0.1, -0.05) is 23.8 Å². The van der Waals surface area contributed by atoms with Gasteiger partial charge in [-0.15, -0.1) is 0 Å². The number of carboxylic acid groups (broad SMARTS) is 1. The summed E-state index contributed by atoms with van der Waals surface area (Å²) < 4.78 is 0. The molecule has 0 aromatic heterocycles. The highest BCUT2D eigenvalue weighted by atomic mass is 35.5. The predicted octanol–water partition coefficient (Wildman–Crippen LogP) is 2.95. The molecule has 4 nitrogen and oxygen atoms in total. The number of carbonyl (C=O) groups is 2. The molecule has 2 atom stereocenters. The van der Waals surface area contributed by atoms with Crippen molar-refractivity contribution in [3.63, 3.8) is 0 Å². The van der Waals surface area contributed by atoms with E-state index < -0.39 is 17.8 Å². The van der Waals surface area contributed by atoms with Crippen molar-refractivity contribution in [3.05, 3.63) is 41.4 Å². The van der Waals surface area contributed by atoms with Gasteiger partial charge >= 0.3 is 5.97 Å². The number of nitrogens with one attached hydrogen (secondary N) is 1. The number of benzene rings is 1. The van der Waals surface area contributed by atoms with Crippen molar-refractivity contribution in [2.45, 2.75) is 12.8 Å². The van der Waals surface area contributed by atoms with Gasteiger partial charge in [-0.25, -0.2) is 0 Å². The van der Waals surface area contributed by atoms with Crippen molar-refractivity contribution in [1.82, 2.24) is 0 Å². The number of allylic oxidation sites excluding steroid dienone is 2. The third-order valence-corrected chi connectivity index (χ3v) is 3.45. The summed E-state index contributed by atoms with van der Waals surface area (Å²) in [6.45, 7) is 0. The van der Waals surface area contributed by atoms with Gasteiger partial charge in [0.1, 0.15) is 0 Å². The Bertz CT molecular complexity index is 510. The van der Waals surface area contributed by atoms with Crippen LogP contribution in [0, 0.1) is 11.8 Å². The summed E-state index contributed by atoms with van der Waals surface area (Å²) in [6, 6.07) is 6.72. The Morgan fingerprint density at radius 2 is 1.68 bits per heavy atom. The van der Waals surface area contributed by atoms with Crippen LogP contribution in [-0.2, 0) is 9.59 Å². The van der Waals surface area contributed by atoms with Gasteiger partial charge in [0.2, 0.25) is 5.91 Å². The van der Waals surface area contributed by atoms with Gasteiger partial charge in [0.25, 0.3) is 0 Å². The quantitative estimate of drug-likeness (QED) is 0.836. The van der Waals surface area contributed by atoms with E-state index in [-0.39, 0.29) is 5.91 Å². The molecule has 0 heterocycles. The number of carboxylic acids is 1. The van der Waals surface area contributed by atoms with E-state index in [9.17, 15) is 9.59 Å². The number of carbonyl (C=O) groups excluding carboxylic acids is 1. The minimum absolute atomic E-state index is 0.265. The summed E-state index contributed by atoms with van der Waals surface area (Å²) in [4.78, 5) is 23.3. The van der Waals surface area contributed by atoms with Crippen LogP contribution in [-0.4, -0.2) is 17.0 Å². The molecule has 1 aliphatic carbocycles. The second-order valence-electron chi connectivity index (χ2n) is 4.49. The van der Waals surface area contributed by atoms with Gasteiger partial charge in [-0.2, -0.15) is 0 Å². The van der Waals surface area contributed by atoms with Crippen LogP contribution >= 0.6 is 11.6 Å². The molecule has 0 spiro atoms. The number of aliphatic carboxylic acids is 1. The van der Waals surface area contributed by atoms with Crippen molar-refractivity contribution in [3.8, 4) is 0 Å². The minimum Gasteiger partial charge on any atom is -0.481 e. The van der Waals surface area contributed by atoms with Crippen molar-refractivity contribution in [2.24, 2.45) is 11.8 Å². The molecular weight excluding hydrogens is 266 g/mol. The first-order valence-electron chi connectivity index (χ1n) is 6.02. The largest absolute Gasteiger partial charge is 0.481 e. The Labute approximate surface area is 116 Å². The number of halogens is 1. The predicted molar refractivity (Wildman–Crippen MR) is 73.1 cm³/mol. The summed E-state index contributed by atoms with van der Waals surface area (Å²) in [5, 5.41) is 12.4. The average Bonchev–Trinajstić information content (AvgIpc) is 2.41. The fraction of sp³-hybridized carbons (Fsp3) is 0.286. The van der Waals surface area contributed by atoms with E-state index in [4.69, 9.17) is 16.7 Å². The zero-order valence-electron chi connectivity index (χ0n) is 10.2. The van der Waals surface area contributed by atoms with Crippen molar-refractivity contribution >= 4 is 29.2 Å². The number of hydrogen-bond donors (Lipinski definition) is 2. The minimum atomic E-state index is -0.930. The molecule has 19 heavy (non-hydrogen) atoms. The van der Waals surface area contributed by atoms with Gasteiger partial charge in [0, 0.05) is 10.7 Å². The smallest absolute Gasteiger partial charge is 0.307 e. The second-order valence-corrected chi connectivity index (χ2v) is 4.93. The summed E-state index contributed by atoms with van der Waals surface area (Å²) in [5.41, 5.74) is 0.619. The van der Waals surface area contributed by atoms with Crippen molar-refractivity contribution < 1.29 is 14.7 Å². The molecule has 0 fully saturated rings. The Morgan fingerprint density at radius 1 is 1.11 bits per heavy atom. The van der Waals surface area contributed by atoms with Crippen LogP contribution < -0.4 is 5.32 Å². The third-order valence-electron chi connectivity index (χ3n) is 3.20. The monoisotopic (exact) mass is 279 g/mol. The Kier molecular flexibility index (Phi) is 4.22. The molecule has 1 aliphatic rings. The molecule has 0 radical (unpaired) electrons. The van der Waals surface area contributed by atoms with Gasteiger partial charge in [0.15, 0.2) is 0 Å². The van der Waals surface area contributed by atoms with Crippen molar-refractivity contribution in [2.75, 3.05) is 5.32 Å². The summed E-state index contributed by atoms with van der Waals surface area (Å²) >= 11 is 5.76. The van der Waals surface area contributed by atoms with Crippen LogP contribution in [0.1, 0.15) is 12.8 Å². The zero-order chi connectivity index (χ0) is 13.8.